The molecule has 0 aliphatic heterocycles. The minimum Gasteiger partial charge on any atom is -0.314 e. The lowest BCUT2D eigenvalue weighted by atomic mass is 10.0. The summed E-state index contributed by atoms with van der Waals surface area (Å²) in [6.07, 6.45) is 2.14. The number of benzene rings is 2. The second-order valence-corrected chi connectivity index (χ2v) is 9.09. The summed E-state index contributed by atoms with van der Waals surface area (Å²) in [5.41, 5.74) is 5.18. The third-order valence-electron chi connectivity index (χ3n) is 5.44. The Kier molecular flexibility index (Phi) is 6.87. The van der Waals surface area contributed by atoms with E-state index >= 15 is 0 Å². The van der Waals surface area contributed by atoms with Crippen LogP contribution in [0, 0.1) is 29.9 Å². The molecule has 1 atom stereocenters. The second-order valence-electron chi connectivity index (χ2n) is 8.25. The van der Waals surface area contributed by atoms with E-state index in [1.807, 2.05) is 0 Å². The smallest absolute Gasteiger partial charge is 0.294 e. The Hall–Kier alpha value is -2.73. The predicted molar refractivity (Wildman–Crippen MR) is 124 cm³/mol. The van der Waals surface area contributed by atoms with Crippen LogP contribution in [0.2, 0.25) is 0 Å². The van der Waals surface area contributed by atoms with Crippen molar-refractivity contribution in [2.24, 2.45) is 10.9 Å². The molecule has 0 aliphatic carbocycles. The van der Waals surface area contributed by atoms with Gasteiger partial charge in [-0.15, -0.1) is 11.3 Å². The van der Waals surface area contributed by atoms with Crippen LogP contribution in [0.4, 0.5) is 11.4 Å². The summed E-state index contributed by atoms with van der Waals surface area (Å²) >= 11 is 1.53. The zero-order valence-corrected chi connectivity index (χ0v) is 19.1. The maximum atomic E-state index is 11.4. The Labute approximate surface area is 181 Å². The monoisotopic (exact) mass is 423 g/mol. The van der Waals surface area contributed by atoms with Gasteiger partial charge in [0.15, 0.2) is 4.80 Å². The molecule has 0 bridgehead atoms. The van der Waals surface area contributed by atoms with Crippen LogP contribution in [0.15, 0.2) is 52.8 Å². The molecule has 1 heterocycles. The molecule has 0 N–H and O–H groups in total. The first kappa shape index (κ1) is 22.0. The van der Waals surface area contributed by atoms with Crippen molar-refractivity contribution < 1.29 is 4.92 Å². The van der Waals surface area contributed by atoms with E-state index in [0.717, 1.165) is 28.9 Å². The van der Waals surface area contributed by atoms with Gasteiger partial charge in [0.05, 0.1) is 10.6 Å². The number of aryl methyl sites for hydroxylation is 2. The number of aromatic nitrogens is 1. The average molecular weight is 424 g/mol. The molecule has 158 valence electrons. The van der Waals surface area contributed by atoms with Crippen LogP contribution >= 0.6 is 11.3 Å². The SMILES string of the molecule is Cc1ccc(-c2csc(=Nc3ccccc3[N+](=O)[O-])n2C(C)CCC(C)C)cc1C. The summed E-state index contributed by atoms with van der Waals surface area (Å²) in [5.74, 6) is 0.618. The minimum atomic E-state index is -0.372. The zero-order valence-electron chi connectivity index (χ0n) is 18.3. The molecule has 30 heavy (non-hydrogen) atoms. The van der Waals surface area contributed by atoms with Gasteiger partial charge in [0.2, 0.25) is 0 Å². The van der Waals surface area contributed by atoms with Gasteiger partial charge in [0.1, 0.15) is 5.69 Å². The molecule has 3 aromatic rings. The fraction of sp³-hybridized carbons (Fsp3) is 0.375. The Bertz CT molecular complexity index is 1110. The van der Waals surface area contributed by atoms with E-state index in [2.05, 4.69) is 62.8 Å². The highest BCUT2D eigenvalue weighted by Gasteiger charge is 2.17. The first-order valence-electron chi connectivity index (χ1n) is 10.3. The van der Waals surface area contributed by atoms with Crippen LogP contribution in [0.5, 0.6) is 0 Å². The van der Waals surface area contributed by atoms with Crippen LogP contribution in [0.25, 0.3) is 11.3 Å². The van der Waals surface area contributed by atoms with E-state index in [1.165, 1.54) is 28.5 Å². The number of nitro benzene ring substituents is 1. The van der Waals surface area contributed by atoms with Crippen molar-refractivity contribution in [3.05, 3.63) is 73.9 Å². The number of para-hydroxylation sites is 2. The van der Waals surface area contributed by atoms with Crippen LogP contribution in [-0.4, -0.2) is 9.49 Å². The van der Waals surface area contributed by atoms with E-state index in [0.29, 0.717) is 11.6 Å². The Morgan fingerprint density at radius 3 is 2.47 bits per heavy atom. The molecule has 1 unspecified atom stereocenters. The molecule has 6 heteroatoms. The molecular weight excluding hydrogens is 394 g/mol. The normalized spacial score (nSPS) is 13.1. The van der Waals surface area contributed by atoms with E-state index in [4.69, 9.17) is 4.99 Å². The first-order chi connectivity index (χ1) is 14.3. The Balaban J connectivity index is 2.17. The molecular formula is C24H29N3O2S. The van der Waals surface area contributed by atoms with Gasteiger partial charge in [-0.05, 0) is 68.4 Å². The van der Waals surface area contributed by atoms with Gasteiger partial charge in [0.25, 0.3) is 5.69 Å². The average Bonchev–Trinajstić information content (AvgIpc) is 3.12. The van der Waals surface area contributed by atoms with Gasteiger partial charge in [-0.25, -0.2) is 4.99 Å². The lowest BCUT2D eigenvalue weighted by molar-refractivity contribution is -0.384. The molecule has 0 saturated heterocycles. The molecule has 2 aromatic carbocycles. The lowest BCUT2D eigenvalue weighted by Crippen LogP contribution is -2.20. The third-order valence-corrected chi connectivity index (χ3v) is 6.28. The highest BCUT2D eigenvalue weighted by molar-refractivity contribution is 7.07. The van der Waals surface area contributed by atoms with E-state index in [9.17, 15) is 10.1 Å². The Morgan fingerprint density at radius 1 is 1.07 bits per heavy atom. The summed E-state index contributed by atoms with van der Waals surface area (Å²) in [6, 6.07) is 13.4. The summed E-state index contributed by atoms with van der Waals surface area (Å²) in [6.45, 7) is 10.9. The van der Waals surface area contributed by atoms with Gasteiger partial charge >= 0.3 is 0 Å². The topological polar surface area (TPSA) is 60.4 Å². The summed E-state index contributed by atoms with van der Waals surface area (Å²) in [5, 5.41) is 13.6. The highest BCUT2D eigenvalue weighted by atomic mass is 32.1. The molecule has 0 amide bonds. The van der Waals surface area contributed by atoms with E-state index < -0.39 is 0 Å². The van der Waals surface area contributed by atoms with E-state index in [1.54, 1.807) is 18.2 Å². The van der Waals surface area contributed by atoms with Crippen molar-refractivity contribution in [1.29, 1.82) is 0 Å². The maximum absolute atomic E-state index is 11.4. The zero-order chi connectivity index (χ0) is 21.8. The summed E-state index contributed by atoms with van der Waals surface area (Å²) in [4.78, 5) is 16.6. The maximum Gasteiger partial charge on any atom is 0.294 e. The van der Waals surface area contributed by atoms with Gasteiger partial charge in [-0.2, -0.15) is 0 Å². The molecule has 0 fully saturated rings. The molecule has 0 saturated carbocycles. The van der Waals surface area contributed by atoms with Crippen molar-refractivity contribution in [2.45, 2.75) is 53.5 Å². The van der Waals surface area contributed by atoms with Crippen molar-refractivity contribution in [2.75, 3.05) is 0 Å². The minimum absolute atomic E-state index is 0.0278. The fourth-order valence-corrected chi connectivity index (χ4v) is 4.47. The lowest BCUT2D eigenvalue weighted by Gasteiger charge is -2.19. The second kappa shape index (κ2) is 9.39. The third kappa shape index (κ3) is 4.87. The summed E-state index contributed by atoms with van der Waals surface area (Å²) < 4.78 is 2.24. The number of rotatable bonds is 7. The standard InChI is InChI=1S/C24H29N3O2S/c1-16(2)10-12-19(5)26-23(20-13-11-17(3)18(4)14-20)15-30-24(26)25-21-8-6-7-9-22(21)27(28)29/h6-9,11,13-16,19H,10,12H2,1-5H3. The molecule has 0 radical (unpaired) electrons. The number of thiazole rings is 1. The molecule has 5 nitrogen and oxygen atoms in total. The van der Waals surface area contributed by atoms with Gasteiger partial charge in [-0.3, -0.25) is 10.1 Å². The van der Waals surface area contributed by atoms with Crippen molar-refractivity contribution >= 4 is 22.7 Å². The molecule has 0 aliphatic rings. The Morgan fingerprint density at radius 2 is 1.80 bits per heavy atom. The number of hydrogen-bond donors (Lipinski definition) is 0. The number of hydrogen-bond acceptors (Lipinski definition) is 4. The predicted octanol–water partition coefficient (Wildman–Crippen LogP) is 6.97. The van der Waals surface area contributed by atoms with Crippen molar-refractivity contribution in [3.63, 3.8) is 0 Å². The van der Waals surface area contributed by atoms with Gasteiger partial charge in [-0.1, -0.05) is 38.1 Å². The van der Waals surface area contributed by atoms with Gasteiger partial charge < -0.3 is 4.57 Å². The van der Waals surface area contributed by atoms with Crippen molar-refractivity contribution in [3.8, 4) is 11.3 Å². The molecule has 3 rings (SSSR count). The van der Waals surface area contributed by atoms with Crippen LogP contribution in [-0.2, 0) is 0 Å². The fourth-order valence-electron chi connectivity index (χ4n) is 3.46. The van der Waals surface area contributed by atoms with Crippen molar-refractivity contribution in [1.82, 2.24) is 4.57 Å². The largest absolute Gasteiger partial charge is 0.314 e. The molecule has 1 aromatic heterocycles. The van der Waals surface area contributed by atoms with Crippen LogP contribution < -0.4 is 4.80 Å². The number of nitro groups is 1. The first-order valence-corrected chi connectivity index (χ1v) is 11.2. The van der Waals surface area contributed by atoms with Crippen LogP contribution in [0.3, 0.4) is 0 Å². The van der Waals surface area contributed by atoms with E-state index in [-0.39, 0.29) is 16.7 Å². The summed E-state index contributed by atoms with van der Waals surface area (Å²) in [7, 11) is 0. The molecule has 0 spiro atoms. The quantitative estimate of drug-likeness (QED) is 0.304. The van der Waals surface area contributed by atoms with Crippen LogP contribution in [0.1, 0.15) is 50.8 Å². The number of nitrogens with zero attached hydrogens (tertiary/aromatic N) is 3. The highest BCUT2D eigenvalue weighted by Crippen LogP contribution is 2.30. The van der Waals surface area contributed by atoms with Gasteiger partial charge in [0, 0.05) is 17.5 Å².